The molecule has 0 unspecified atom stereocenters. The van der Waals surface area contributed by atoms with E-state index in [2.05, 4.69) is 41.2 Å². The maximum atomic E-state index is 6.03. The number of ether oxygens (including phenoxy) is 1. The first-order chi connectivity index (χ1) is 9.31. The minimum atomic E-state index is 0.363. The van der Waals surface area contributed by atoms with Crippen LogP contribution in [-0.4, -0.2) is 36.1 Å². The molecule has 100 valence electrons. The van der Waals surface area contributed by atoms with Crippen LogP contribution in [0.2, 0.25) is 0 Å². The summed E-state index contributed by atoms with van der Waals surface area (Å²) < 4.78 is 6.03. The summed E-state index contributed by atoms with van der Waals surface area (Å²) in [4.78, 5) is 6.66. The molecule has 0 N–H and O–H groups in total. The fourth-order valence-corrected chi connectivity index (χ4v) is 2.98. The molecule has 4 heteroatoms. The van der Waals surface area contributed by atoms with Crippen LogP contribution in [0.5, 0.6) is 5.75 Å². The topological polar surface area (TPSA) is 25.4 Å². The fourth-order valence-electron chi connectivity index (χ4n) is 2.34. The van der Waals surface area contributed by atoms with Crippen molar-refractivity contribution in [1.82, 2.24) is 9.88 Å². The molecule has 3 nitrogen and oxygen atoms in total. The van der Waals surface area contributed by atoms with Crippen LogP contribution in [0, 0.1) is 0 Å². The maximum absolute atomic E-state index is 6.03. The second-order valence-corrected chi connectivity index (χ2v) is 5.88. The van der Waals surface area contributed by atoms with Gasteiger partial charge in [-0.05, 0) is 44.2 Å². The molecular formula is C15H18N2OS. The van der Waals surface area contributed by atoms with Gasteiger partial charge in [0.25, 0.3) is 0 Å². The van der Waals surface area contributed by atoms with E-state index in [0.29, 0.717) is 6.10 Å². The van der Waals surface area contributed by atoms with Crippen LogP contribution in [0.3, 0.4) is 0 Å². The number of benzene rings is 1. The number of thiazole rings is 1. The van der Waals surface area contributed by atoms with Crippen LogP contribution in [0.1, 0.15) is 12.8 Å². The lowest BCUT2D eigenvalue weighted by molar-refractivity contribution is 0.114. The van der Waals surface area contributed by atoms with Gasteiger partial charge < -0.3 is 9.64 Å². The average Bonchev–Trinajstić information content (AvgIpc) is 2.96. The van der Waals surface area contributed by atoms with E-state index in [0.717, 1.165) is 42.3 Å². The van der Waals surface area contributed by atoms with Gasteiger partial charge in [-0.3, -0.25) is 0 Å². The summed E-state index contributed by atoms with van der Waals surface area (Å²) in [6, 6.07) is 8.27. The predicted molar refractivity (Wildman–Crippen MR) is 78.7 cm³/mol. The van der Waals surface area contributed by atoms with Gasteiger partial charge in [0.05, 0.1) is 0 Å². The van der Waals surface area contributed by atoms with E-state index >= 15 is 0 Å². The highest BCUT2D eigenvalue weighted by Gasteiger charge is 2.17. The Morgan fingerprint density at radius 3 is 2.58 bits per heavy atom. The van der Waals surface area contributed by atoms with Crippen molar-refractivity contribution in [1.29, 1.82) is 0 Å². The number of likely N-dealkylation sites (tertiary alicyclic amines) is 1. The summed E-state index contributed by atoms with van der Waals surface area (Å²) in [5.41, 5.74) is 1.16. The highest BCUT2D eigenvalue weighted by molar-refractivity contribution is 7.13. The quantitative estimate of drug-likeness (QED) is 0.859. The Hall–Kier alpha value is -1.39. The highest BCUT2D eigenvalue weighted by atomic mass is 32.1. The molecule has 1 fully saturated rings. The molecule has 0 bridgehead atoms. The number of hydrogen-bond acceptors (Lipinski definition) is 4. The molecular weight excluding hydrogens is 256 g/mol. The Kier molecular flexibility index (Phi) is 3.80. The van der Waals surface area contributed by atoms with Crippen LogP contribution in [0.4, 0.5) is 0 Å². The van der Waals surface area contributed by atoms with E-state index in [-0.39, 0.29) is 0 Å². The van der Waals surface area contributed by atoms with Crippen molar-refractivity contribution in [2.75, 3.05) is 20.1 Å². The molecule has 0 atom stereocenters. The molecule has 3 rings (SSSR count). The van der Waals surface area contributed by atoms with Gasteiger partial charge in [-0.25, -0.2) is 4.98 Å². The average molecular weight is 274 g/mol. The Morgan fingerprint density at radius 2 is 1.95 bits per heavy atom. The van der Waals surface area contributed by atoms with Crippen molar-refractivity contribution < 1.29 is 4.74 Å². The molecule has 0 spiro atoms. The molecule has 1 saturated heterocycles. The molecule has 0 saturated carbocycles. The summed E-state index contributed by atoms with van der Waals surface area (Å²) in [6.45, 7) is 2.25. The summed E-state index contributed by atoms with van der Waals surface area (Å²) >= 11 is 1.66. The summed E-state index contributed by atoms with van der Waals surface area (Å²) in [5, 5.41) is 3.06. The zero-order valence-corrected chi connectivity index (χ0v) is 11.9. The van der Waals surface area contributed by atoms with Gasteiger partial charge in [0.1, 0.15) is 16.9 Å². The van der Waals surface area contributed by atoms with Gasteiger partial charge in [-0.15, -0.1) is 11.3 Å². The van der Waals surface area contributed by atoms with E-state index < -0.39 is 0 Å². The van der Waals surface area contributed by atoms with Crippen molar-refractivity contribution in [2.24, 2.45) is 0 Å². The molecule has 1 aliphatic heterocycles. The first kappa shape index (κ1) is 12.6. The summed E-state index contributed by atoms with van der Waals surface area (Å²) in [7, 11) is 2.17. The highest BCUT2D eigenvalue weighted by Crippen LogP contribution is 2.25. The predicted octanol–water partition coefficient (Wildman–Crippen LogP) is 3.28. The van der Waals surface area contributed by atoms with Gasteiger partial charge in [-0.2, -0.15) is 0 Å². The van der Waals surface area contributed by atoms with Gasteiger partial charge in [-0.1, -0.05) is 0 Å². The van der Waals surface area contributed by atoms with Gasteiger partial charge in [0.15, 0.2) is 0 Å². The molecule has 19 heavy (non-hydrogen) atoms. The summed E-state index contributed by atoms with van der Waals surface area (Å²) in [5.74, 6) is 0.967. The van der Waals surface area contributed by atoms with E-state index in [4.69, 9.17) is 4.74 Å². The van der Waals surface area contributed by atoms with Crippen LogP contribution in [0.25, 0.3) is 10.6 Å². The van der Waals surface area contributed by atoms with E-state index in [1.165, 1.54) is 0 Å². The van der Waals surface area contributed by atoms with Crippen LogP contribution < -0.4 is 4.74 Å². The molecule has 2 aromatic rings. The number of aromatic nitrogens is 1. The largest absolute Gasteiger partial charge is 0.490 e. The summed E-state index contributed by atoms with van der Waals surface area (Å²) in [6.07, 6.45) is 4.43. The first-order valence-corrected chi connectivity index (χ1v) is 7.54. The third kappa shape index (κ3) is 3.14. The van der Waals surface area contributed by atoms with Gasteiger partial charge in [0.2, 0.25) is 0 Å². The van der Waals surface area contributed by atoms with Crippen molar-refractivity contribution in [3.05, 3.63) is 35.8 Å². The van der Waals surface area contributed by atoms with Crippen molar-refractivity contribution in [3.63, 3.8) is 0 Å². The lowest BCUT2D eigenvalue weighted by Crippen LogP contribution is -2.35. The Morgan fingerprint density at radius 1 is 1.21 bits per heavy atom. The fraction of sp³-hybridized carbons (Fsp3) is 0.400. The van der Waals surface area contributed by atoms with E-state index in [1.807, 2.05) is 11.6 Å². The molecule has 1 aromatic heterocycles. The molecule has 0 radical (unpaired) electrons. The lowest BCUT2D eigenvalue weighted by Gasteiger charge is -2.29. The van der Waals surface area contributed by atoms with Crippen LogP contribution >= 0.6 is 11.3 Å². The SMILES string of the molecule is CN1CCC(Oc2ccc(-c3nccs3)cc2)CC1. The van der Waals surface area contributed by atoms with Crippen molar-refractivity contribution >= 4 is 11.3 Å². The second kappa shape index (κ2) is 5.72. The first-order valence-electron chi connectivity index (χ1n) is 6.66. The Labute approximate surface area is 117 Å². The number of rotatable bonds is 3. The monoisotopic (exact) mass is 274 g/mol. The third-order valence-electron chi connectivity index (χ3n) is 3.50. The van der Waals surface area contributed by atoms with E-state index in [1.54, 1.807) is 11.3 Å². The Bertz CT molecular complexity index is 501. The van der Waals surface area contributed by atoms with Crippen LogP contribution in [-0.2, 0) is 0 Å². The zero-order chi connectivity index (χ0) is 13.1. The normalized spacial score (nSPS) is 17.5. The molecule has 1 aromatic carbocycles. The van der Waals surface area contributed by atoms with Crippen molar-refractivity contribution in [3.8, 4) is 16.3 Å². The minimum Gasteiger partial charge on any atom is -0.490 e. The molecule has 0 amide bonds. The second-order valence-electron chi connectivity index (χ2n) is 4.98. The number of nitrogens with zero attached hydrogens (tertiary/aromatic N) is 2. The Balaban J connectivity index is 1.63. The minimum absolute atomic E-state index is 0.363. The lowest BCUT2D eigenvalue weighted by atomic mass is 10.1. The standard InChI is InChI=1S/C15H18N2OS/c1-17-9-6-14(7-10-17)18-13-4-2-12(3-5-13)15-16-8-11-19-15/h2-5,8,11,14H,6-7,9-10H2,1H3. The maximum Gasteiger partial charge on any atom is 0.123 e. The van der Waals surface area contributed by atoms with E-state index in [9.17, 15) is 0 Å². The van der Waals surface area contributed by atoms with Crippen molar-refractivity contribution in [2.45, 2.75) is 18.9 Å². The molecule has 2 heterocycles. The van der Waals surface area contributed by atoms with Crippen LogP contribution in [0.15, 0.2) is 35.8 Å². The number of piperidine rings is 1. The van der Waals surface area contributed by atoms with Gasteiger partial charge >= 0.3 is 0 Å². The molecule has 1 aliphatic rings. The number of hydrogen-bond donors (Lipinski definition) is 0. The van der Waals surface area contributed by atoms with Gasteiger partial charge in [0, 0.05) is 30.2 Å². The zero-order valence-electron chi connectivity index (χ0n) is 11.1. The smallest absolute Gasteiger partial charge is 0.123 e. The molecule has 0 aliphatic carbocycles. The third-order valence-corrected chi connectivity index (χ3v) is 4.32.